The largest absolute Gasteiger partial charge is 0.394 e. The second kappa shape index (κ2) is 6.21. The van der Waals surface area contributed by atoms with Gasteiger partial charge in [0.25, 0.3) is 0 Å². The van der Waals surface area contributed by atoms with Crippen molar-refractivity contribution in [3.05, 3.63) is 0 Å². The van der Waals surface area contributed by atoms with E-state index in [1.165, 1.54) is 0 Å². The Balaban J connectivity index is 2.42. The van der Waals surface area contributed by atoms with Crippen LogP contribution in [0, 0.1) is 0 Å². The lowest BCUT2D eigenvalue weighted by atomic mass is 9.97. The van der Waals surface area contributed by atoms with E-state index in [4.69, 9.17) is 0 Å². The summed E-state index contributed by atoms with van der Waals surface area (Å²) in [5, 5.41) is 15.6. The van der Waals surface area contributed by atoms with Gasteiger partial charge in [0.15, 0.2) is 0 Å². The molecule has 0 saturated heterocycles. The fourth-order valence-electron chi connectivity index (χ4n) is 2.33. The third-order valence-electron chi connectivity index (χ3n) is 3.33. The number of carbonyl (C=O) groups is 1. The van der Waals surface area contributed by atoms with E-state index in [-0.39, 0.29) is 24.1 Å². The van der Waals surface area contributed by atoms with Gasteiger partial charge in [0.1, 0.15) is 0 Å². The van der Waals surface area contributed by atoms with Crippen LogP contribution in [0.3, 0.4) is 0 Å². The first kappa shape index (κ1) is 13.5. The third kappa shape index (κ3) is 3.46. The summed E-state index contributed by atoms with van der Waals surface area (Å²) in [6, 6.07) is -0.225. The van der Waals surface area contributed by atoms with Crippen LogP contribution in [0.15, 0.2) is 0 Å². The van der Waals surface area contributed by atoms with E-state index in [9.17, 15) is 9.90 Å². The molecule has 0 aromatic rings. The van der Waals surface area contributed by atoms with Crippen molar-refractivity contribution < 1.29 is 9.90 Å². The summed E-state index contributed by atoms with van der Waals surface area (Å²) in [6.07, 6.45) is 5.15. The highest BCUT2D eigenvalue weighted by atomic mass is 16.3. The van der Waals surface area contributed by atoms with Crippen LogP contribution in [-0.2, 0) is 4.79 Å². The summed E-state index contributed by atoms with van der Waals surface area (Å²) >= 11 is 0. The van der Waals surface area contributed by atoms with Crippen LogP contribution >= 0.6 is 0 Å². The average molecular weight is 228 g/mol. The molecule has 1 aliphatic rings. The van der Waals surface area contributed by atoms with E-state index < -0.39 is 0 Å². The molecule has 1 fully saturated rings. The van der Waals surface area contributed by atoms with Gasteiger partial charge < -0.3 is 10.4 Å². The van der Waals surface area contributed by atoms with Crippen molar-refractivity contribution in [2.24, 2.45) is 0 Å². The second-order valence-electron chi connectivity index (χ2n) is 4.80. The Hall–Kier alpha value is -0.610. The monoisotopic (exact) mass is 228 g/mol. The van der Waals surface area contributed by atoms with Crippen molar-refractivity contribution >= 4 is 5.91 Å². The molecular formula is C12H24N2O2. The Kier molecular flexibility index (Phi) is 5.22. The molecule has 1 unspecified atom stereocenters. The molecule has 0 aromatic carbocycles. The Bertz CT molecular complexity index is 225. The lowest BCUT2D eigenvalue weighted by Gasteiger charge is -2.31. The molecular weight excluding hydrogens is 204 g/mol. The van der Waals surface area contributed by atoms with Crippen LogP contribution in [0.1, 0.15) is 46.0 Å². The highest BCUT2D eigenvalue weighted by Gasteiger charge is 2.35. The van der Waals surface area contributed by atoms with Gasteiger partial charge in [0.2, 0.25) is 5.91 Å². The smallest absolute Gasteiger partial charge is 0.236 e. The molecule has 0 bridgehead atoms. The van der Waals surface area contributed by atoms with Gasteiger partial charge in [-0.25, -0.2) is 0 Å². The summed E-state index contributed by atoms with van der Waals surface area (Å²) in [7, 11) is 0. The predicted octanol–water partition coefficient (Wildman–Crippen LogP) is 0.796. The number of amides is 1. The molecule has 4 heteroatoms. The van der Waals surface area contributed by atoms with E-state index >= 15 is 0 Å². The molecule has 0 heterocycles. The first-order valence-electron chi connectivity index (χ1n) is 6.30. The molecule has 4 nitrogen and oxygen atoms in total. The molecule has 0 aromatic heterocycles. The minimum absolute atomic E-state index is 0.0292. The molecule has 3 N–H and O–H groups in total. The standard InChI is InChI=1S/C12H24N2O2/c1-3-8-13-11(16)10(2)14-12(9-15)6-4-5-7-12/h10,14-15H,3-9H2,1-2H3,(H,13,16). The minimum atomic E-state index is -0.225. The van der Waals surface area contributed by atoms with Gasteiger partial charge in [0.05, 0.1) is 12.6 Å². The summed E-state index contributed by atoms with van der Waals surface area (Å²) in [4.78, 5) is 11.7. The predicted molar refractivity (Wildman–Crippen MR) is 64.2 cm³/mol. The molecule has 0 radical (unpaired) electrons. The summed E-state index contributed by atoms with van der Waals surface area (Å²) in [5.74, 6) is 0.0292. The summed E-state index contributed by atoms with van der Waals surface area (Å²) < 4.78 is 0. The average Bonchev–Trinajstić information content (AvgIpc) is 2.75. The lowest BCUT2D eigenvalue weighted by molar-refractivity contribution is -0.123. The van der Waals surface area contributed by atoms with Gasteiger partial charge in [0, 0.05) is 12.1 Å². The molecule has 0 spiro atoms. The van der Waals surface area contributed by atoms with Gasteiger partial charge >= 0.3 is 0 Å². The van der Waals surface area contributed by atoms with Crippen LogP contribution in [0.25, 0.3) is 0 Å². The van der Waals surface area contributed by atoms with Crippen molar-refractivity contribution in [2.75, 3.05) is 13.2 Å². The van der Waals surface area contributed by atoms with E-state index in [2.05, 4.69) is 10.6 Å². The second-order valence-corrected chi connectivity index (χ2v) is 4.80. The van der Waals surface area contributed by atoms with Crippen molar-refractivity contribution in [1.82, 2.24) is 10.6 Å². The van der Waals surface area contributed by atoms with Gasteiger partial charge in [-0.3, -0.25) is 10.1 Å². The quantitative estimate of drug-likeness (QED) is 0.630. The zero-order valence-electron chi connectivity index (χ0n) is 10.4. The van der Waals surface area contributed by atoms with Crippen molar-refractivity contribution in [3.8, 4) is 0 Å². The molecule has 1 saturated carbocycles. The minimum Gasteiger partial charge on any atom is -0.394 e. The van der Waals surface area contributed by atoms with Crippen LogP contribution in [0.5, 0.6) is 0 Å². The van der Waals surface area contributed by atoms with Crippen molar-refractivity contribution in [2.45, 2.75) is 57.5 Å². The summed E-state index contributed by atoms with van der Waals surface area (Å²) in [5.41, 5.74) is -0.219. The number of hydrogen-bond acceptors (Lipinski definition) is 3. The topological polar surface area (TPSA) is 61.4 Å². The Morgan fingerprint density at radius 2 is 2.06 bits per heavy atom. The molecule has 0 aliphatic heterocycles. The fourth-order valence-corrected chi connectivity index (χ4v) is 2.33. The maximum absolute atomic E-state index is 11.7. The van der Waals surface area contributed by atoms with E-state index in [1.54, 1.807) is 0 Å². The maximum atomic E-state index is 11.7. The van der Waals surface area contributed by atoms with Gasteiger partial charge in [-0.1, -0.05) is 19.8 Å². The number of aliphatic hydroxyl groups is 1. The zero-order chi connectivity index (χ0) is 12.0. The molecule has 94 valence electrons. The highest BCUT2D eigenvalue weighted by Crippen LogP contribution is 2.29. The van der Waals surface area contributed by atoms with E-state index in [0.717, 1.165) is 38.6 Å². The van der Waals surface area contributed by atoms with Crippen LogP contribution in [0.2, 0.25) is 0 Å². The Labute approximate surface area is 97.8 Å². The fraction of sp³-hybridized carbons (Fsp3) is 0.917. The first-order chi connectivity index (χ1) is 7.63. The number of carbonyl (C=O) groups excluding carboxylic acids is 1. The number of hydrogen-bond donors (Lipinski definition) is 3. The third-order valence-corrected chi connectivity index (χ3v) is 3.33. The van der Waals surface area contributed by atoms with Crippen molar-refractivity contribution in [1.29, 1.82) is 0 Å². The molecule has 1 rings (SSSR count). The van der Waals surface area contributed by atoms with E-state index in [1.807, 2.05) is 13.8 Å². The zero-order valence-corrected chi connectivity index (χ0v) is 10.4. The molecule has 1 aliphatic carbocycles. The highest BCUT2D eigenvalue weighted by molar-refractivity contribution is 5.81. The number of aliphatic hydroxyl groups excluding tert-OH is 1. The van der Waals surface area contributed by atoms with Gasteiger partial charge in [-0.05, 0) is 26.2 Å². The number of nitrogens with one attached hydrogen (secondary N) is 2. The number of rotatable bonds is 6. The SMILES string of the molecule is CCCNC(=O)C(C)NC1(CO)CCCC1. The van der Waals surface area contributed by atoms with Crippen LogP contribution in [0.4, 0.5) is 0 Å². The normalized spacial score (nSPS) is 20.7. The lowest BCUT2D eigenvalue weighted by Crippen LogP contribution is -2.55. The van der Waals surface area contributed by atoms with E-state index in [0.29, 0.717) is 0 Å². The molecule has 1 atom stereocenters. The Morgan fingerprint density at radius 1 is 1.44 bits per heavy atom. The van der Waals surface area contributed by atoms with Crippen LogP contribution < -0.4 is 10.6 Å². The summed E-state index contributed by atoms with van der Waals surface area (Å²) in [6.45, 7) is 4.74. The molecule has 1 amide bonds. The van der Waals surface area contributed by atoms with Gasteiger partial charge in [-0.2, -0.15) is 0 Å². The Morgan fingerprint density at radius 3 is 2.56 bits per heavy atom. The molecule has 16 heavy (non-hydrogen) atoms. The van der Waals surface area contributed by atoms with Crippen molar-refractivity contribution in [3.63, 3.8) is 0 Å². The van der Waals surface area contributed by atoms with Crippen LogP contribution in [-0.4, -0.2) is 35.7 Å². The van der Waals surface area contributed by atoms with Gasteiger partial charge in [-0.15, -0.1) is 0 Å². The maximum Gasteiger partial charge on any atom is 0.236 e. The first-order valence-corrected chi connectivity index (χ1v) is 6.30.